The number of carbonyl (C=O) groups excluding carboxylic acids is 1. The first-order valence-electron chi connectivity index (χ1n) is 4.76. The SMILES string of the molecule is COc1ccc2c(C=O)nccc2c1OC. The molecule has 16 heavy (non-hydrogen) atoms. The number of fused-ring (bicyclic) bond motifs is 1. The zero-order chi connectivity index (χ0) is 11.5. The molecule has 1 heterocycles. The normalized spacial score (nSPS) is 10.1. The van der Waals surface area contributed by atoms with Gasteiger partial charge in [0, 0.05) is 17.0 Å². The summed E-state index contributed by atoms with van der Waals surface area (Å²) in [5.41, 5.74) is 0.401. The molecule has 4 heteroatoms. The molecule has 1 aromatic carbocycles. The molecule has 0 N–H and O–H groups in total. The van der Waals surface area contributed by atoms with Crippen LogP contribution in [0.25, 0.3) is 10.8 Å². The molecule has 0 aliphatic heterocycles. The maximum Gasteiger partial charge on any atom is 0.169 e. The van der Waals surface area contributed by atoms with E-state index in [1.807, 2.05) is 0 Å². The molecule has 0 radical (unpaired) electrons. The van der Waals surface area contributed by atoms with E-state index >= 15 is 0 Å². The van der Waals surface area contributed by atoms with Crippen LogP contribution in [0, 0.1) is 0 Å². The van der Waals surface area contributed by atoms with Gasteiger partial charge in [-0.1, -0.05) is 0 Å². The molecule has 2 rings (SSSR count). The summed E-state index contributed by atoms with van der Waals surface area (Å²) < 4.78 is 10.5. The first-order valence-corrected chi connectivity index (χ1v) is 4.76. The molecule has 0 aliphatic rings. The Bertz CT molecular complexity index is 537. The van der Waals surface area contributed by atoms with E-state index in [0.717, 1.165) is 17.1 Å². The largest absolute Gasteiger partial charge is 0.493 e. The third kappa shape index (κ3) is 1.48. The maximum atomic E-state index is 10.8. The van der Waals surface area contributed by atoms with Crippen LogP contribution in [0.1, 0.15) is 10.5 Å². The lowest BCUT2D eigenvalue weighted by Crippen LogP contribution is -1.94. The number of aldehydes is 1. The number of rotatable bonds is 3. The summed E-state index contributed by atoms with van der Waals surface area (Å²) in [6.45, 7) is 0. The molecule has 1 aromatic heterocycles. The number of benzene rings is 1. The molecule has 0 amide bonds. The molecule has 82 valence electrons. The Morgan fingerprint density at radius 1 is 1.12 bits per heavy atom. The van der Waals surface area contributed by atoms with Gasteiger partial charge in [0.15, 0.2) is 17.8 Å². The Balaban J connectivity index is 2.83. The third-order valence-corrected chi connectivity index (χ3v) is 2.43. The average Bonchev–Trinajstić information content (AvgIpc) is 2.36. The Hall–Kier alpha value is -2.10. The van der Waals surface area contributed by atoms with Crippen molar-refractivity contribution in [2.24, 2.45) is 0 Å². The van der Waals surface area contributed by atoms with E-state index < -0.39 is 0 Å². The van der Waals surface area contributed by atoms with Crippen LogP contribution in [0.3, 0.4) is 0 Å². The van der Waals surface area contributed by atoms with Gasteiger partial charge in [-0.3, -0.25) is 9.78 Å². The molecule has 0 saturated heterocycles. The second-order valence-electron chi connectivity index (χ2n) is 3.21. The van der Waals surface area contributed by atoms with Gasteiger partial charge in [0.05, 0.1) is 14.2 Å². The van der Waals surface area contributed by atoms with Crippen molar-refractivity contribution in [1.29, 1.82) is 0 Å². The van der Waals surface area contributed by atoms with Gasteiger partial charge in [-0.2, -0.15) is 0 Å². The number of ether oxygens (including phenoxy) is 2. The molecular formula is C12H11NO3. The number of methoxy groups -OCH3 is 2. The lowest BCUT2D eigenvalue weighted by atomic mass is 10.1. The van der Waals surface area contributed by atoms with Gasteiger partial charge in [0.1, 0.15) is 5.69 Å². The van der Waals surface area contributed by atoms with E-state index in [9.17, 15) is 4.79 Å². The molecule has 0 atom stereocenters. The van der Waals surface area contributed by atoms with Crippen LogP contribution in [-0.2, 0) is 0 Å². The van der Waals surface area contributed by atoms with E-state index in [2.05, 4.69) is 4.98 Å². The van der Waals surface area contributed by atoms with Gasteiger partial charge in [-0.15, -0.1) is 0 Å². The zero-order valence-corrected chi connectivity index (χ0v) is 9.06. The molecule has 0 unspecified atom stereocenters. The highest BCUT2D eigenvalue weighted by molar-refractivity contribution is 6.00. The molecule has 0 aliphatic carbocycles. The summed E-state index contributed by atoms with van der Waals surface area (Å²) in [6, 6.07) is 5.35. The van der Waals surface area contributed by atoms with Gasteiger partial charge in [0.2, 0.25) is 0 Å². The quantitative estimate of drug-likeness (QED) is 0.738. The molecule has 0 spiro atoms. The van der Waals surface area contributed by atoms with E-state index in [0.29, 0.717) is 17.2 Å². The minimum Gasteiger partial charge on any atom is -0.493 e. The Morgan fingerprint density at radius 3 is 2.56 bits per heavy atom. The Morgan fingerprint density at radius 2 is 1.94 bits per heavy atom. The van der Waals surface area contributed by atoms with Crippen molar-refractivity contribution in [2.75, 3.05) is 14.2 Å². The topological polar surface area (TPSA) is 48.4 Å². The zero-order valence-electron chi connectivity index (χ0n) is 9.06. The smallest absolute Gasteiger partial charge is 0.169 e. The predicted molar refractivity (Wildman–Crippen MR) is 60.2 cm³/mol. The molecule has 2 aromatic rings. The van der Waals surface area contributed by atoms with Gasteiger partial charge >= 0.3 is 0 Å². The number of aromatic nitrogens is 1. The monoisotopic (exact) mass is 217 g/mol. The minimum absolute atomic E-state index is 0.401. The summed E-state index contributed by atoms with van der Waals surface area (Å²) in [5, 5.41) is 1.58. The van der Waals surface area contributed by atoms with Crippen molar-refractivity contribution in [3.63, 3.8) is 0 Å². The average molecular weight is 217 g/mol. The number of pyridine rings is 1. The van der Waals surface area contributed by atoms with Crippen LogP contribution in [0.5, 0.6) is 11.5 Å². The molecule has 0 saturated carbocycles. The second-order valence-corrected chi connectivity index (χ2v) is 3.21. The van der Waals surface area contributed by atoms with Crippen LogP contribution in [0.4, 0.5) is 0 Å². The highest BCUT2D eigenvalue weighted by Gasteiger charge is 2.11. The van der Waals surface area contributed by atoms with Crippen LogP contribution in [0.2, 0.25) is 0 Å². The summed E-state index contributed by atoms with van der Waals surface area (Å²) in [7, 11) is 3.14. The van der Waals surface area contributed by atoms with Crippen LogP contribution in [-0.4, -0.2) is 25.5 Å². The lowest BCUT2D eigenvalue weighted by Gasteiger charge is -2.10. The van der Waals surface area contributed by atoms with E-state index in [1.165, 1.54) is 0 Å². The van der Waals surface area contributed by atoms with E-state index in [4.69, 9.17) is 9.47 Å². The van der Waals surface area contributed by atoms with Crippen molar-refractivity contribution in [3.05, 3.63) is 30.1 Å². The van der Waals surface area contributed by atoms with Gasteiger partial charge in [-0.05, 0) is 18.2 Å². The number of carbonyl (C=O) groups is 1. The molecule has 0 fully saturated rings. The van der Waals surface area contributed by atoms with Crippen LogP contribution >= 0.6 is 0 Å². The highest BCUT2D eigenvalue weighted by Crippen LogP contribution is 2.35. The lowest BCUT2D eigenvalue weighted by molar-refractivity contribution is 0.112. The minimum atomic E-state index is 0.401. The fourth-order valence-electron chi connectivity index (χ4n) is 1.70. The van der Waals surface area contributed by atoms with Gasteiger partial charge in [0.25, 0.3) is 0 Å². The molecule has 4 nitrogen and oxygen atoms in total. The number of nitrogens with zero attached hydrogens (tertiary/aromatic N) is 1. The first kappa shape index (κ1) is 10.4. The highest BCUT2D eigenvalue weighted by atomic mass is 16.5. The third-order valence-electron chi connectivity index (χ3n) is 2.43. The summed E-state index contributed by atoms with van der Waals surface area (Å²) in [6.07, 6.45) is 2.31. The van der Waals surface area contributed by atoms with Crippen molar-refractivity contribution in [1.82, 2.24) is 4.98 Å². The summed E-state index contributed by atoms with van der Waals surface area (Å²) >= 11 is 0. The Kier molecular flexibility index (Phi) is 2.72. The predicted octanol–water partition coefficient (Wildman–Crippen LogP) is 2.06. The summed E-state index contributed by atoms with van der Waals surface area (Å²) in [5.74, 6) is 1.25. The first-order chi connectivity index (χ1) is 7.81. The maximum absolute atomic E-state index is 10.8. The standard InChI is InChI=1S/C12H11NO3/c1-15-11-4-3-8-9(12(11)16-2)5-6-13-10(8)7-14/h3-7H,1-2H3. The van der Waals surface area contributed by atoms with Crippen molar-refractivity contribution < 1.29 is 14.3 Å². The fourth-order valence-corrected chi connectivity index (χ4v) is 1.70. The Labute approximate surface area is 92.8 Å². The molecular weight excluding hydrogens is 206 g/mol. The fraction of sp³-hybridized carbons (Fsp3) is 0.167. The van der Waals surface area contributed by atoms with Crippen molar-refractivity contribution in [3.8, 4) is 11.5 Å². The van der Waals surface area contributed by atoms with Gasteiger partial charge < -0.3 is 9.47 Å². The summed E-state index contributed by atoms with van der Waals surface area (Å²) in [4.78, 5) is 14.8. The van der Waals surface area contributed by atoms with Crippen LogP contribution in [0.15, 0.2) is 24.4 Å². The van der Waals surface area contributed by atoms with Crippen molar-refractivity contribution >= 4 is 17.1 Å². The second kappa shape index (κ2) is 4.18. The van der Waals surface area contributed by atoms with Crippen molar-refractivity contribution in [2.45, 2.75) is 0 Å². The number of hydrogen-bond donors (Lipinski definition) is 0. The van der Waals surface area contributed by atoms with Gasteiger partial charge in [-0.25, -0.2) is 0 Å². The van der Waals surface area contributed by atoms with E-state index in [1.54, 1.807) is 38.6 Å². The number of hydrogen-bond acceptors (Lipinski definition) is 4. The molecule has 0 bridgehead atoms. The van der Waals surface area contributed by atoms with Crippen LogP contribution < -0.4 is 9.47 Å². The van der Waals surface area contributed by atoms with E-state index in [-0.39, 0.29) is 0 Å².